The number of amides is 1. The lowest BCUT2D eigenvalue weighted by Crippen LogP contribution is -2.43. The zero-order chi connectivity index (χ0) is 21.5. The van der Waals surface area contributed by atoms with Crippen LogP contribution in [0.3, 0.4) is 0 Å². The fourth-order valence-electron chi connectivity index (χ4n) is 3.27. The van der Waals surface area contributed by atoms with Gasteiger partial charge in [-0.15, -0.1) is 5.10 Å². The van der Waals surface area contributed by atoms with Crippen molar-refractivity contribution in [2.75, 3.05) is 15.6 Å². The van der Waals surface area contributed by atoms with Crippen molar-refractivity contribution in [2.24, 2.45) is 27.5 Å². The maximum absolute atomic E-state index is 11.9. The van der Waals surface area contributed by atoms with E-state index in [9.17, 15) is 4.79 Å². The molecule has 3 rings (SSSR count). The van der Waals surface area contributed by atoms with Crippen LogP contribution in [0.5, 0.6) is 0 Å². The molecule has 8 N–H and O–H groups in total. The number of aromatic nitrogens is 2. The molecule has 158 valence electrons. The second-order valence-corrected chi connectivity index (χ2v) is 6.97. The second-order valence-electron chi connectivity index (χ2n) is 6.97. The first-order valence-corrected chi connectivity index (χ1v) is 9.57. The number of benzene rings is 1. The summed E-state index contributed by atoms with van der Waals surface area (Å²) in [6, 6.07) is 7.25. The molecule has 1 amide bonds. The van der Waals surface area contributed by atoms with Gasteiger partial charge in [0.25, 0.3) is 5.91 Å². The van der Waals surface area contributed by atoms with Crippen LogP contribution in [0.2, 0.25) is 0 Å². The number of primary amides is 1. The third-order valence-electron chi connectivity index (χ3n) is 4.85. The summed E-state index contributed by atoms with van der Waals surface area (Å²) >= 11 is 0. The number of hydrogen-bond donors (Lipinski definition) is 5. The highest BCUT2D eigenvalue weighted by Gasteiger charge is 2.23. The largest absolute Gasteiger partial charge is 0.365 e. The summed E-state index contributed by atoms with van der Waals surface area (Å²) in [5.74, 6) is 5.93. The van der Waals surface area contributed by atoms with Gasteiger partial charge in [-0.3, -0.25) is 9.80 Å². The van der Waals surface area contributed by atoms with Gasteiger partial charge in [0, 0.05) is 30.7 Å². The lowest BCUT2D eigenvalue weighted by atomic mass is 9.91. The van der Waals surface area contributed by atoms with Crippen molar-refractivity contribution >= 4 is 42.1 Å². The smallest absolute Gasteiger partial charge is 0.254 e. The van der Waals surface area contributed by atoms with Gasteiger partial charge in [-0.2, -0.15) is 10.1 Å². The Labute approximate surface area is 174 Å². The molecule has 0 bridgehead atoms. The van der Waals surface area contributed by atoms with Crippen LogP contribution in [-0.4, -0.2) is 41.0 Å². The summed E-state index contributed by atoms with van der Waals surface area (Å²) in [5.41, 5.74) is 13.1. The van der Waals surface area contributed by atoms with Crippen molar-refractivity contribution in [1.82, 2.24) is 9.97 Å². The van der Waals surface area contributed by atoms with Gasteiger partial charge in [0.05, 0.1) is 5.69 Å². The number of nitrogens with one attached hydrogen (secondary N) is 2. The summed E-state index contributed by atoms with van der Waals surface area (Å²) in [7, 11) is 0. The van der Waals surface area contributed by atoms with Crippen LogP contribution < -0.4 is 33.0 Å². The van der Waals surface area contributed by atoms with Crippen molar-refractivity contribution in [3.05, 3.63) is 36.0 Å². The molecule has 11 heteroatoms. The molecular weight excluding hydrogens is 384 g/mol. The monoisotopic (exact) mass is 410 g/mol. The Morgan fingerprint density at radius 2 is 2.13 bits per heavy atom. The molecular formula is C19H26N10O. The summed E-state index contributed by atoms with van der Waals surface area (Å²) in [5, 5.41) is 14.7. The minimum atomic E-state index is -0.640. The van der Waals surface area contributed by atoms with E-state index in [1.807, 2.05) is 0 Å². The van der Waals surface area contributed by atoms with E-state index < -0.39 is 5.91 Å². The number of carbonyl (C=O) groups is 1. The van der Waals surface area contributed by atoms with E-state index in [4.69, 9.17) is 17.3 Å². The number of rotatable bonds is 8. The molecule has 0 unspecified atom stereocenters. The van der Waals surface area contributed by atoms with Crippen molar-refractivity contribution in [1.29, 1.82) is 0 Å². The molecule has 30 heavy (non-hydrogen) atoms. The van der Waals surface area contributed by atoms with Gasteiger partial charge < -0.3 is 22.1 Å². The molecule has 2 atom stereocenters. The third kappa shape index (κ3) is 5.27. The van der Waals surface area contributed by atoms with Gasteiger partial charge in [-0.25, -0.2) is 10.8 Å². The zero-order valence-electron chi connectivity index (χ0n) is 16.5. The Morgan fingerprint density at radius 1 is 1.33 bits per heavy atom. The lowest BCUT2D eigenvalue weighted by Gasteiger charge is -2.29. The first kappa shape index (κ1) is 21.1. The van der Waals surface area contributed by atoms with Crippen LogP contribution in [-0.2, 0) is 0 Å². The normalized spacial score (nSPS) is 18.7. The highest BCUT2D eigenvalue weighted by atomic mass is 16.1. The average Bonchev–Trinajstić information content (AvgIpc) is 2.74. The van der Waals surface area contributed by atoms with Crippen LogP contribution in [0.4, 0.5) is 23.1 Å². The first-order chi connectivity index (χ1) is 14.5. The van der Waals surface area contributed by atoms with Crippen molar-refractivity contribution < 1.29 is 4.79 Å². The van der Waals surface area contributed by atoms with Crippen LogP contribution in [0, 0.1) is 0 Å². The van der Waals surface area contributed by atoms with Crippen LogP contribution >= 0.6 is 0 Å². The molecule has 1 aromatic heterocycles. The van der Waals surface area contributed by atoms with Crippen LogP contribution in [0.25, 0.3) is 0 Å². The summed E-state index contributed by atoms with van der Waals surface area (Å²) < 4.78 is 0. The fourth-order valence-corrected chi connectivity index (χ4v) is 3.27. The van der Waals surface area contributed by atoms with E-state index in [1.165, 1.54) is 17.5 Å². The molecule has 0 saturated heterocycles. The standard InChI is InChI=1S/C19H26N10O/c1-23-25-11-29(22)13-6-4-5-12(9-13)26-18-14(17(21)30)10-24-19(28-18)27-16-8-3-2-7-15(16)20/h4-6,9-11,15-16H,1-3,7-8,20,22H2,(H2,21,30)(H2,24,26,27,28)/b25-11-/t15-,16+/m0/s1. The van der Waals surface area contributed by atoms with Crippen LogP contribution in [0.15, 0.2) is 40.7 Å². The Kier molecular flexibility index (Phi) is 6.88. The Hall–Kier alpha value is -3.57. The molecule has 1 fully saturated rings. The van der Waals surface area contributed by atoms with E-state index >= 15 is 0 Å². The number of nitrogens with two attached hydrogens (primary N) is 3. The third-order valence-corrected chi connectivity index (χ3v) is 4.85. The van der Waals surface area contributed by atoms with Gasteiger partial charge in [-0.05, 0) is 31.0 Å². The van der Waals surface area contributed by atoms with E-state index in [0.717, 1.165) is 25.7 Å². The number of carbonyl (C=O) groups excluding carboxylic acids is 1. The minimum absolute atomic E-state index is 0.0357. The Balaban J connectivity index is 1.84. The molecule has 1 aliphatic rings. The number of anilines is 4. The quantitative estimate of drug-likeness (QED) is 0.187. The summed E-state index contributed by atoms with van der Waals surface area (Å²) in [6.45, 7) is 3.27. The lowest BCUT2D eigenvalue weighted by molar-refractivity contribution is 0.100. The number of nitrogens with zero attached hydrogens (tertiary/aromatic N) is 5. The first-order valence-electron chi connectivity index (χ1n) is 9.57. The maximum atomic E-state index is 11.9. The molecule has 1 heterocycles. The van der Waals surface area contributed by atoms with E-state index in [0.29, 0.717) is 17.3 Å². The van der Waals surface area contributed by atoms with Crippen molar-refractivity contribution in [3.8, 4) is 0 Å². The Bertz CT molecular complexity index is 931. The highest BCUT2D eigenvalue weighted by Crippen LogP contribution is 2.24. The molecule has 1 aliphatic carbocycles. The summed E-state index contributed by atoms with van der Waals surface area (Å²) in [6.07, 6.45) is 6.84. The predicted molar refractivity (Wildman–Crippen MR) is 119 cm³/mol. The topological polar surface area (TPSA) is 173 Å². The molecule has 0 radical (unpaired) electrons. The maximum Gasteiger partial charge on any atom is 0.254 e. The SMILES string of the molecule is C=N/N=C\N(N)c1cccc(Nc2nc(N[C@@H]3CCCC[C@@H]3N)ncc2C(N)=O)c1. The molecule has 2 aromatic rings. The predicted octanol–water partition coefficient (Wildman–Crippen LogP) is 1.32. The van der Waals surface area contributed by atoms with Gasteiger partial charge in [-0.1, -0.05) is 18.9 Å². The van der Waals surface area contributed by atoms with E-state index in [2.05, 4.69) is 37.5 Å². The fraction of sp³-hybridized carbons (Fsp3) is 0.316. The zero-order valence-corrected chi connectivity index (χ0v) is 16.5. The molecule has 1 aromatic carbocycles. The number of hydrogen-bond acceptors (Lipinski definition) is 9. The van der Waals surface area contributed by atoms with Gasteiger partial charge in [0.15, 0.2) is 0 Å². The van der Waals surface area contributed by atoms with E-state index in [-0.39, 0.29) is 23.5 Å². The Morgan fingerprint density at radius 3 is 2.87 bits per heavy atom. The second kappa shape index (κ2) is 9.76. The van der Waals surface area contributed by atoms with Gasteiger partial charge >= 0.3 is 0 Å². The average molecular weight is 410 g/mol. The van der Waals surface area contributed by atoms with Gasteiger partial charge in [0.2, 0.25) is 5.95 Å². The molecule has 1 saturated carbocycles. The van der Waals surface area contributed by atoms with E-state index in [1.54, 1.807) is 24.3 Å². The molecule has 0 spiro atoms. The van der Waals surface area contributed by atoms with Crippen molar-refractivity contribution in [3.63, 3.8) is 0 Å². The minimum Gasteiger partial charge on any atom is -0.365 e. The number of hydrazine groups is 1. The van der Waals surface area contributed by atoms with Crippen LogP contribution in [0.1, 0.15) is 36.0 Å². The summed E-state index contributed by atoms with van der Waals surface area (Å²) in [4.78, 5) is 20.5. The van der Waals surface area contributed by atoms with Gasteiger partial charge in [0.1, 0.15) is 17.7 Å². The molecule has 0 aliphatic heterocycles. The highest BCUT2D eigenvalue weighted by molar-refractivity contribution is 5.98. The molecule has 11 nitrogen and oxygen atoms in total. The van der Waals surface area contributed by atoms with Crippen molar-refractivity contribution in [2.45, 2.75) is 37.8 Å².